The first-order valence-electron chi connectivity index (χ1n) is 7.65. The molecule has 1 aliphatic carbocycles. The van der Waals surface area contributed by atoms with Crippen molar-refractivity contribution in [3.8, 4) is 0 Å². The lowest BCUT2D eigenvalue weighted by atomic mass is 9.94. The lowest BCUT2D eigenvalue weighted by molar-refractivity contribution is 0.278. The third-order valence-electron chi connectivity index (χ3n) is 4.26. The molecule has 0 aromatic carbocycles. The minimum absolute atomic E-state index is 0.680. The topological polar surface area (TPSA) is 46.8 Å². The molecule has 112 valence electrons. The van der Waals surface area contributed by atoms with Gasteiger partial charge in [-0.2, -0.15) is 0 Å². The summed E-state index contributed by atoms with van der Waals surface area (Å²) in [7, 11) is 4.06. The molecule has 2 rings (SSSR count). The number of nitrogens with zero attached hydrogens (tertiary/aromatic N) is 5. The molecular weight excluding hydrogens is 270 g/mol. The zero-order valence-electron chi connectivity index (χ0n) is 12.6. The highest BCUT2D eigenvalue weighted by atomic mass is 32.1. The molecule has 6 heteroatoms. The fourth-order valence-corrected chi connectivity index (χ4v) is 3.16. The molecule has 1 heterocycles. The van der Waals surface area contributed by atoms with Crippen molar-refractivity contribution in [2.24, 2.45) is 7.05 Å². The Morgan fingerprint density at radius 1 is 1.30 bits per heavy atom. The fraction of sp³-hybridized carbons (Fsp3) is 0.857. The Balaban J connectivity index is 1.65. The maximum atomic E-state index is 5.58. The number of hydrogen-bond donors (Lipinski definition) is 0. The van der Waals surface area contributed by atoms with E-state index in [0.29, 0.717) is 6.04 Å². The molecular formula is C14H25N5S. The van der Waals surface area contributed by atoms with E-state index in [4.69, 9.17) is 12.2 Å². The number of hydrogen-bond acceptors (Lipinski definition) is 4. The van der Waals surface area contributed by atoms with Crippen molar-refractivity contribution in [1.82, 2.24) is 25.1 Å². The van der Waals surface area contributed by atoms with Crippen LogP contribution in [0.5, 0.6) is 0 Å². The van der Waals surface area contributed by atoms with Gasteiger partial charge in [-0.3, -0.25) is 0 Å². The van der Waals surface area contributed by atoms with Crippen molar-refractivity contribution >= 4 is 17.2 Å². The smallest absolute Gasteiger partial charge is 0.150 e. The van der Waals surface area contributed by atoms with Crippen LogP contribution in [-0.2, 0) is 13.5 Å². The first kappa shape index (κ1) is 15.4. The molecule has 0 N–H and O–H groups in total. The quantitative estimate of drug-likeness (QED) is 0.596. The van der Waals surface area contributed by atoms with Crippen molar-refractivity contribution in [3.05, 3.63) is 5.82 Å². The van der Waals surface area contributed by atoms with Gasteiger partial charge in [0.15, 0.2) is 5.82 Å². The number of unbranched alkanes of at least 4 members (excludes halogenated alkanes) is 1. The average molecular weight is 295 g/mol. The largest absolute Gasteiger partial charge is 0.366 e. The standard InChI is InChI=1S/C14H25N5S/c1-18(12-8-4-3-5-9-12)14(20)11-7-6-10-13-15-16-17-19(13)2/h12H,3-11H2,1-2H3. The molecule has 1 saturated carbocycles. The van der Waals surface area contributed by atoms with E-state index >= 15 is 0 Å². The van der Waals surface area contributed by atoms with Gasteiger partial charge in [0, 0.05) is 26.6 Å². The van der Waals surface area contributed by atoms with Crippen LogP contribution in [0.2, 0.25) is 0 Å². The van der Waals surface area contributed by atoms with Gasteiger partial charge in [-0.25, -0.2) is 4.68 Å². The van der Waals surface area contributed by atoms with Crippen LogP contribution in [0.4, 0.5) is 0 Å². The first-order valence-corrected chi connectivity index (χ1v) is 8.06. The second-order valence-corrected chi connectivity index (χ2v) is 6.19. The monoisotopic (exact) mass is 295 g/mol. The minimum atomic E-state index is 0.680. The summed E-state index contributed by atoms with van der Waals surface area (Å²) in [6.07, 6.45) is 10.9. The molecule has 1 fully saturated rings. The molecule has 0 saturated heterocycles. The number of rotatable bonds is 6. The van der Waals surface area contributed by atoms with Crippen LogP contribution in [-0.4, -0.2) is 43.2 Å². The molecule has 1 aromatic rings. The van der Waals surface area contributed by atoms with Gasteiger partial charge >= 0.3 is 0 Å². The third-order valence-corrected chi connectivity index (χ3v) is 4.76. The van der Waals surface area contributed by atoms with Gasteiger partial charge in [0.05, 0.1) is 4.99 Å². The van der Waals surface area contributed by atoms with Crippen LogP contribution in [0, 0.1) is 0 Å². The maximum Gasteiger partial charge on any atom is 0.150 e. The van der Waals surface area contributed by atoms with E-state index < -0.39 is 0 Å². The van der Waals surface area contributed by atoms with Gasteiger partial charge in [-0.05, 0) is 42.5 Å². The summed E-state index contributed by atoms with van der Waals surface area (Å²) in [5, 5.41) is 11.5. The van der Waals surface area contributed by atoms with E-state index in [-0.39, 0.29) is 0 Å². The fourth-order valence-electron chi connectivity index (χ4n) is 2.87. The van der Waals surface area contributed by atoms with Gasteiger partial charge in [0.2, 0.25) is 0 Å². The number of tetrazole rings is 1. The molecule has 0 amide bonds. The van der Waals surface area contributed by atoms with Crippen molar-refractivity contribution in [3.63, 3.8) is 0 Å². The van der Waals surface area contributed by atoms with E-state index in [1.165, 1.54) is 32.1 Å². The summed E-state index contributed by atoms with van der Waals surface area (Å²) in [5.74, 6) is 0.955. The van der Waals surface area contributed by atoms with Gasteiger partial charge in [-0.1, -0.05) is 31.5 Å². The van der Waals surface area contributed by atoms with E-state index in [2.05, 4.69) is 27.5 Å². The molecule has 1 aromatic heterocycles. The van der Waals surface area contributed by atoms with E-state index in [9.17, 15) is 0 Å². The molecule has 0 atom stereocenters. The normalized spacial score (nSPS) is 16.3. The summed E-state index contributed by atoms with van der Waals surface area (Å²) in [4.78, 5) is 3.46. The predicted molar refractivity (Wildman–Crippen MR) is 83.6 cm³/mol. The highest BCUT2D eigenvalue weighted by Crippen LogP contribution is 2.22. The van der Waals surface area contributed by atoms with Gasteiger partial charge in [0.25, 0.3) is 0 Å². The van der Waals surface area contributed by atoms with Crippen LogP contribution in [0.1, 0.15) is 57.2 Å². The van der Waals surface area contributed by atoms with E-state index in [0.717, 1.165) is 36.5 Å². The highest BCUT2D eigenvalue weighted by Gasteiger charge is 2.19. The first-order chi connectivity index (χ1) is 9.68. The Kier molecular flexibility index (Phi) is 5.88. The molecule has 0 spiro atoms. The molecule has 20 heavy (non-hydrogen) atoms. The Morgan fingerprint density at radius 3 is 2.70 bits per heavy atom. The van der Waals surface area contributed by atoms with E-state index in [1.807, 2.05) is 7.05 Å². The SMILES string of the molecule is CN(C(=S)CCCCc1nnnn1C)C1CCCCC1. The number of aromatic nitrogens is 4. The lowest BCUT2D eigenvalue weighted by Crippen LogP contribution is -2.37. The van der Waals surface area contributed by atoms with Gasteiger partial charge in [-0.15, -0.1) is 5.10 Å². The second kappa shape index (κ2) is 7.67. The van der Waals surface area contributed by atoms with Gasteiger partial charge in [0.1, 0.15) is 0 Å². The van der Waals surface area contributed by atoms with Crippen LogP contribution in [0.3, 0.4) is 0 Å². The molecule has 0 radical (unpaired) electrons. The molecule has 0 aliphatic heterocycles. The Labute approximate surface area is 126 Å². The van der Waals surface area contributed by atoms with Crippen LogP contribution in [0.15, 0.2) is 0 Å². The molecule has 1 aliphatic rings. The van der Waals surface area contributed by atoms with Crippen molar-refractivity contribution < 1.29 is 0 Å². The zero-order chi connectivity index (χ0) is 14.4. The predicted octanol–water partition coefficient (Wildman–Crippen LogP) is 2.51. The summed E-state index contributed by atoms with van der Waals surface area (Å²) >= 11 is 5.58. The summed E-state index contributed by atoms with van der Waals surface area (Å²) in [6, 6.07) is 0.680. The van der Waals surface area contributed by atoms with E-state index in [1.54, 1.807) is 4.68 Å². The molecule has 0 unspecified atom stereocenters. The Bertz CT molecular complexity index is 425. The molecule has 0 bridgehead atoms. The summed E-state index contributed by atoms with van der Waals surface area (Å²) < 4.78 is 1.74. The average Bonchev–Trinajstić information content (AvgIpc) is 2.89. The number of thiocarbonyl (C=S) groups is 1. The Morgan fingerprint density at radius 2 is 2.05 bits per heavy atom. The molecule has 5 nitrogen and oxygen atoms in total. The van der Waals surface area contributed by atoms with Crippen molar-refractivity contribution in [2.75, 3.05) is 7.05 Å². The van der Waals surface area contributed by atoms with Crippen LogP contribution >= 0.6 is 12.2 Å². The summed E-state index contributed by atoms with van der Waals surface area (Å²) in [6.45, 7) is 0. The van der Waals surface area contributed by atoms with Crippen LogP contribution in [0.25, 0.3) is 0 Å². The van der Waals surface area contributed by atoms with Crippen molar-refractivity contribution in [2.45, 2.75) is 63.8 Å². The van der Waals surface area contributed by atoms with Crippen LogP contribution < -0.4 is 0 Å². The summed E-state index contributed by atoms with van der Waals surface area (Å²) in [5.41, 5.74) is 0. The van der Waals surface area contributed by atoms with Crippen molar-refractivity contribution in [1.29, 1.82) is 0 Å². The highest BCUT2D eigenvalue weighted by molar-refractivity contribution is 7.80. The zero-order valence-corrected chi connectivity index (χ0v) is 13.4. The maximum absolute atomic E-state index is 5.58. The minimum Gasteiger partial charge on any atom is -0.366 e. The third kappa shape index (κ3) is 4.23. The van der Waals surface area contributed by atoms with Gasteiger partial charge < -0.3 is 4.90 Å². The number of aryl methyl sites for hydroxylation is 2. The lowest BCUT2D eigenvalue weighted by Gasteiger charge is -2.33. The Hall–Kier alpha value is -1.04. The second-order valence-electron chi connectivity index (χ2n) is 5.72.